The predicted molar refractivity (Wildman–Crippen MR) is 91.9 cm³/mol. The lowest BCUT2D eigenvalue weighted by Crippen LogP contribution is -2.01. The average molecular weight is 287 g/mol. The zero-order valence-electron chi connectivity index (χ0n) is 12.7. The van der Waals surface area contributed by atoms with Crippen molar-refractivity contribution < 1.29 is 0 Å². The van der Waals surface area contributed by atoms with Crippen LogP contribution in [0, 0.1) is 13.8 Å². The van der Waals surface area contributed by atoms with Crippen LogP contribution in [0.25, 0.3) is 16.6 Å². The Labute approximate surface area is 129 Å². The number of rotatable bonds is 2. The van der Waals surface area contributed by atoms with Crippen molar-refractivity contribution in [3.63, 3.8) is 0 Å². The van der Waals surface area contributed by atoms with Crippen LogP contribution >= 0.6 is 0 Å². The van der Waals surface area contributed by atoms with Gasteiger partial charge in [0.05, 0.1) is 16.6 Å². The minimum Gasteiger partial charge on any atom is -0.338 e. The van der Waals surface area contributed by atoms with Gasteiger partial charge in [0, 0.05) is 11.9 Å². The fourth-order valence-corrected chi connectivity index (χ4v) is 2.95. The highest BCUT2D eigenvalue weighted by Gasteiger charge is 2.10. The molecule has 1 N–H and O–H groups in total. The Bertz CT molecular complexity index is 962. The monoisotopic (exact) mass is 287 g/mol. The second kappa shape index (κ2) is 4.88. The largest absolute Gasteiger partial charge is 0.338 e. The highest BCUT2D eigenvalue weighted by molar-refractivity contribution is 5.86. The molecule has 108 valence electrons. The average Bonchev–Trinajstić information content (AvgIpc) is 3.01. The van der Waals surface area contributed by atoms with Crippen molar-refractivity contribution in [1.82, 2.24) is 9.38 Å². The van der Waals surface area contributed by atoms with Gasteiger partial charge in [-0.3, -0.25) is 0 Å². The summed E-state index contributed by atoms with van der Waals surface area (Å²) in [6, 6.07) is 18.7. The Hall–Kier alpha value is -2.81. The molecular formula is C19H17N3. The van der Waals surface area contributed by atoms with Crippen LogP contribution in [-0.4, -0.2) is 9.38 Å². The Morgan fingerprint density at radius 3 is 2.36 bits per heavy atom. The summed E-state index contributed by atoms with van der Waals surface area (Å²) in [7, 11) is 0. The lowest BCUT2D eigenvalue weighted by molar-refractivity contribution is 1.22. The number of nitrogens with zero attached hydrogens (tertiary/aromatic N) is 2. The van der Waals surface area contributed by atoms with Crippen molar-refractivity contribution in [3.8, 4) is 0 Å². The lowest BCUT2D eigenvalue weighted by Gasteiger charge is -2.14. The van der Waals surface area contributed by atoms with E-state index in [2.05, 4.69) is 66.2 Å². The normalized spacial score (nSPS) is 11.2. The fraction of sp³-hybridized carbons (Fsp3) is 0.105. The molecule has 2 heterocycles. The van der Waals surface area contributed by atoms with Crippen LogP contribution in [0.15, 0.2) is 60.8 Å². The molecule has 2 aromatic heterocycles. The third-order valence-electron chi connectivity index (χ3n) is 4.09. The molecule has 4 aromatic rings. The van der Waals surface area contributed by atoms with Gasteiger partial charge in [0.15, 0.2) is 5.82 Å². The standard InChI is InChI=1S/C19H17N3/c1-13-7-5-8-14(2)18(13)21-19-17-11-6-12-22(17)16-10-4-3-9-15(16)20-19/h3-12H,1-2H3,(H,20,21). The minimum atomic E-state index is 0.890. The van der Waals surface area contributed by atoms with E-state index < -0.39 is 0 Å². The van der Waals surface area contributed by atoms with Crippen molar-refractivity contribution in [2.24, 2.45) is 0 Å². The number of benzene rings is 2. The molecule has 0 atom stereocenters. The molecule has 0 aliphatic heterocycles. The summed E-state index contributed by atoms with van der Waals surface area (Å²) in [5.74, 6) is 0.890. The molecule has 3 heteroatoms. The number of nitrogens with one attached hydrogen (secondary N) is 1. The molecule has 0 aliphatic rings. The number of para-hydroxylation sites is 3. The minimum absolute atomic E-state index is 0.890. The summed E-state index contributed by atoms with van der Waals surface area (Å²) in [6.45, 7) is 4.23. The van der Waals surface area contributed by atoms with Gasteiger partial charge in [0.2, 0.25) is 0 Å². The van der Waals surface area contributed by atoms with E-state index in [9.17, 15) is 0 Å². The van der Waals surface area contributed by atoms with Gasteiger partial charge in [0.25, 0.3) is 0 Å². The van der Waals surface area contributed by atoms with E-state index in [-0.39, 0.29) is 0 Å². The number of hydrogen-bond donors (Lipinski definition) is 1. The molecule has 4 rings (SSSR count). The molecule has 2 aromatic carbocycles. The SMILES string of the molecule is Cc1cccc(C)c1Nc1nc2ccccc2n2cccc12. The molecule has 0 bridgehead atoms. The van der Waals surface area contributed by atoms with Crippen LogP contribution in [0.4, 0.5) is 11.5 Å². The first kappa shape index (κ1) is 12.9. The number of aryl methyl sites for hydroxylation is 2. The zero-order chi connectivity index (χ0) is 15.1. The molecule has 0 aliphatic carbocycles. The van der Waals surface area contributed by atoms with E-state index in [1.165, 1.54) is 11.1 Å². The maximum absolute atomic E-state index is 4.82. The van der Waals surface area contributed by atoms with Crippen molar-refractivity contribution >= 4 is 28.1 Å². The second-order valence-corrected chi connectivity index (χ2v) is 5.60. The molecule has 0 saturated carbocycles. The maximum Gasteiger partial charge on any atom is 0.155 e. The number of anilines is 2. The van der Waals surface area contributed by atoms with Crippen LogP contribution in [0.5, 0.6) is 0 Å². The van der Waals surface area contributed by atoms with Gasteiger partial charge in [0.1, 0.15) is 0 Å². The van der Waals surface area contributed by atoms with Crippen molar-refractivity contribution in [2.45, 2.75) is 13.8 Å². The summed E-state index contributed by atoms with van der Waals surface area (Å²) >= 11 is 0. The van der Waals surface area contributed by atoms with Gasteiger partial charge in [-0.1, -0.05) is 30.3 Å². The van der Waals surface area contributed by atoms with Crippen LogP contribution in [0.1, 0.15) is 11.1 Å². The third kappa shape index (κ3) is 1.94. The fourth-order valence-electron chi connectivity index (χ4n) is 2.95. The first-order chi connectivity index (χ1) is 10.7. The van der Waals surface area contributed by atoms with E-state index in [1.807, 2.05) is 18.2 Å². The highest BCUT2D eigenvalue weighted by Crippen LogP contribution is 2.28. The number of hydrogen-bond acceptors (Lipinski definition) is 2. The molecule has 0 radical (unpaired) electrons. The molecule has 3 nitrogen and oxygen atoms in total. The highest BCUT2D eigenvalue weighted by atomic mass is 15.1. The van der Waals surface area contributed by atoms with Crippen LogP contribution in [0.2, 0.25) is 0 Å². The van der Waals surface area contributed by atoms with E-state index in [4.69, 9.17) is 4.98 Å². The summed E-state index contributed by atoms with van der Waals surface area (Å²) in [5.41, 5.74) is 6.77. The Morgan fingerprint density at radius 1 is 0.818 bits per heavy atom. The Morgan fingerprint density at radius 2 is 1.55 bits per heavy atom. The Kier molecular flexibility index (Phi) is 2.86. The molecule has 0 unspecified atom stereocenters. The summed E-state index contributed by atoms with van der Waals surface area (Å²) in [5, 5.41) is 3.53. The molecule has 0 spiro atoms. The van der Waals surface area contributed by atoms with Gasteiger partial charge in [-0.25, -0.2) is 4.98 Å². The summed E-state index contributed by atoms with van der Waals surface area (Å²) < 4.78 is 2.18. The third-order valence-corrected chi connectivity index (χ3v) is 4.09. The maximum atomic E-state index is 4.82. The topological polar surface area (TPSA) is 29.3 Å². The summed E-state index contributed by atoms with van der Waals surface area (Å²) in [6.07, 6.45) is 2.08. The molecule has 0 saturated heterocycles. The van der Waals surface area contributed by atoms with E-state index in [0.717, 1.165) is 28.1 Å². The number of fused-ring (bicyclic) bond motifs is 3. The van der Waals surface area contributed by atoms with Gasteiger partial charge in [-0.05, 0) is 49.2 Å². The van der Waals surface area contributed by atoms with Gasteiger partial charge in [-0.15, -0.1) is 0 Å². The summed E-state index contributed by atoms with van der Waals surface area (Å²) in [4.78, 5) is 4.82. The van der Waals surface area contributed by atoms with Crippen molar-refractivity contribution in [3.05, 3.63) is 71.9 Å². The molecule has 0 amide bonds. The van der Waals surface area contributed by atoms with E-state index in [0.29, 0.717) is 0 Å². The van der Waals surface area contributed by atoms with Gasteiger partial charge < -0.3 is 9.72 Å². The second-order valence-electron chi connectivity index (χ2n) is 5.60. The van der Waals surface area contributed by atoms with Gasteiger partial charge >= 0.3 is 0 Å². The first-order valence-corrected chi connectivity index (χ1v) is 7.43. The van der Waals surface area contributed by atoms with E-state index >= 15 is 0 Å². The zero-order valence-corrected chi connectivity index (χ0v) is 12.7. The molecule has 0 fully saturated rings. The smallest absolute Gasteiger partial charge is 0.155 e. The van der Waals surface area contributed by atoms with Crippen molar-refractivity contribution in [1.29, 1.82) is 0 Å². The quantitative estimate of drug-likeness (QED) is 0.571. The molecular weight excluding hydrogens is 270 g/mol. The Balaban J connectivity index is 1.96. The van der Waals surface area contributed by atoms with E-state index in [1.54, 1.807) is 0 Å². The van der Waals surface area contributed by atoms with Crippen LogP contribution in [-0.2, 0) is 0 Å². The van der Waals surface area contributed by atoms with Gasteiger partial charge in [-0.2, -0.15) is 0 Å². The number of aromatic nitrogens is 2. The predicted octanol–water partition coefficient (Wildman–Crippen LogP) is 4.85. The lowest BCUT2D eigenvalue weighted by atomic mass is 10.1. The first-order valence-electron chi connectivity index (χ1n) is 7.43. The van der Waals surface area contributed by atoms with Crippen LogP contribution in [0.3, 0.4) is 0 Å². The molecule has 22 heavy (non-hydrogen) atoms. The van der Waals surface area contributed by atoms with Crippen molar-refractivity contribution in [2.75, 3.05) is 5.32 Å². The van der Waals surface area contributed by atoms with Crippen LogP contribution < -0.4 is 5.32 Å².